The van der Waals surface area contributed by atoms with Gasteiger partial charge in [-0.25, -0.2) is 0 Å². The van der Waals surface area contributed by atoms with Crippen LogP contribution in [0.3, 0.4) is 0 Å². The molecule has 3 nitrogen and oxygen atoms in total. The van der Waals surface area contributed by atoms with Crippen LogP contribution in [0, 0.1) is 5.92 Å². The number of aliphatic hydroxyl groups excluding tert-OH is 1. The number of hydrogen-bond donors (Lipinski definition) is 1. The minimum absolute atomic E-state index is 0.275. The van der Waals surface area contributed by atoms with E-state index in [0.29, 0.717) is 6.04 Å². The summed E-state index contributed by atoms with van der Waals surface area (Å²) in [6, 6.07) is 8.61. The lowest BCUT2D eigenvalue weighted by Gasteiger charge is -2.41. The van der Waals surface area contributed by atoms with Gasteiger partial charge in [0.25, 0.3) is 0 Å². The minimum Gasteiger partial charge on any atom is -0.396 e. The van der Waals surface area contributed by atoms with Gasteiger partial charge in [-0.3, -0.25) is 9.80 Å². The van der Waals surface area contributed by atoms with Crippen molar-refractivity contribution in [3.63, 3.8) is 0 Å². The lowest BCUT2D eigenvalue weighted by atomic mass is 10.0. The monoisotopic (exact) mass is 324 g/mol. The van der Waals surface area contributed by atoms with Gasteiger partial charge >= 0.3 is 0 Å². The Labute approximate surface area is 139 Å². The van der Waals surface area contributed by atoms with Crippen molar-refractivity contribution in [3.8, 4) is 0 Å². The smallest absolute Gasteiger partial charge is 0.0446 e. The normalized spacial score (nSPS) is 20.7. The molecule has 1 heterocycles. The standard InChI is InChI=1S/C18H29ClN2O/c1-15(2)7-9-21-11-10-20(14-18(21)8-12-22)13-16-3-5-17(19)6-4-16/h3-6,15,18,22H,7-14H2,1-2H3. The Balaban J connectivity index is 1.89. The zero-order valence-electron chi connectivity index (χ0n) is 13.8. The Morgan fingerprint density at radius 1 is 1.23 bits per heavy atom. The number of piperazine rings is 1. The summed E-state index contributed by atoms with van der Waals surface area (Å²) in [7, 11) is 0. The first-order valence-corrected chi connectivity index (χ1v) is 8.78. The molecule has 2 rings (SSSR count). The predicted molar refractivity (Wildman–Crippen MR) is 93.2 cm³/mol. The van der Waals surface area contributed by atoms with Crippen LogP contribution >= 0.6 is 11.6 Å². The molecule has 4 heteroatoms. The van der Waals surface area contributed by atoms with Crippen LogP contribution in [0.1, 0.15) is 32.3 Å². The van der Waals surface area contributed by atoms with Gasteiger partial charge in [0.2, 0.25) is 0 Å². The van der Waals surface area contributed by atoms with Crippen LogP contribution in [-0.2, 0) is 6.54 Å². The molecule has 1 saturated heterocycles. The van der Waals surface area contributed by atoms with Gasteiger partial charge in [-0.1, -0.05) is 37.6 Å². The summed E-state index contributed by atoms with van der Waals surface area (Å²) in [5, 5.41) is 10.2. The molecule has 0 aliphatic carbocycles. The molecule has 1 aliphatic heterocycles. The average molecular weight is 325 g/mol. The quantitative estimate of drug-likeness (QED) is 0.834. The molecule has 0 aromatic heterocycles. The van der Waals surface area contributed by atoms with Gasteiger partial charge in [0.1, 0.15) is 0 Å². The molecule has 22 heavy (non-hydrogen) atoms. The van der Waals surface area contributed by atoms with Crippen molar-refractivity contribution in [3.05, 3.63) is 34.9 Å². The molecule has 1 N–H and O–H groups in total. The highest BCUT2D eigenvalue weighted by Gasteiger charge is 2.26. The Kier molecular flexibility index (Phi) is 7.16. The van der Waals surface area contributed by atoms with Crippen LogP contribution < -0.4 is 0 Å². The summed E-state index contributed by atoms with van der Waals surface area (Å²) in [4.78, 5) is 5.06. The summed E-state index contributed by atoms with van der Waals surface area (Å²) >= 11 is 5.95. The van der Waals surface area contributed by atoms with E-state index in [0.717, 1.165) is 50.1 Å². The topological polar surface area (TPSA) is 26.7 Å². The fourth-order valence-corrected chi connectivity index (χ4v) is 3.22. The molecule has 1 aliphatic rings. The maximum absolute atomic E-state index is 9.36. The van der Waals surface area contributed by atoms with Gasteiger partial charge in [-0.15, -0.1) is 0 Å². The lowest BCUT2D eigenvalue weighted by Crippen LogP contribution is -2.53. The number of rotatable bonds is 7. The maximum atomic E-state index is 9.36. The molecule has 1 fully saturated rings. The molecule has 1 aromatic rings. The second kappa shape index (κ2) is 8.88. The average Bonchev–Trinajstić information content (AvgIpc) is 2.49. The molecular formula is C18H29ClN2O. The molecule has 0 radical (unpaired) electrons. The third kappa shape index (κ3) is 5.54. The molecule has 0 saturated carbocycles. The summed E-state index contributed by atoms with van der Waals surface area (Å²) in [6.07, 6.45) is 2.11. The van der Waals surface area contributed by atoms with Gasteiger partial charge in [-0.2, -0.15) is 0 Å². The number of halogens is 1. The van der Waals surface area contributed by atoms with Crippen molar-refractivity contribution >= 4 is 11.6 Å². The van der Waals surface area contributed by atoms with Crippen LogP contribution in [0.15, 0.2) is 24.3 Å². The summed E-state index contributed by atoms with van der Waals surface area (Å²) in [5.74, 6) is 0.738. The highest BCUT2D eigenvalue weighted by Crippen LogP contribution is 2.18. The third-order valence-electron chi connectivity index (χ3n) is 4.46. The van der Waals surface area contributed by atoms with E-state index in [1.807, 2.05) is 12.1 Å². The van der Waals surface area contributed by atoms with E-state index < -0.39 is 0 Å². The largest absolute Gasteiger partial charge is 0.396 e. The van der Waals surface area contributed by atoms with Crippen LogP contribution in [0.25, 0.3) is 0 Å². The molecular weight excluding hydrogens is 296 g/mol. The first-order chi connectivity index (χ1) is 10.6. The highest BCUT2D eigenvalue weighted by molar-refractivity contribution is 6.30. The molecule has 1 aromatic carbocycles. The molecule has 1 unspecified atom stereocenters. The number of nitrogens with zero attached hydrogens (tertiary/aromatic N) is 2. The zero-order chi connectivity index (χ0) is 15.9. The van der Waals surface area contributed by atoms with Crippen LogP contribution in [0.5, 0.6) is 0 Å². The van der Waals surface area contributed by atoms with Crippen molar-refractivity contribution in [1.82, 2.24) is 9.80 Å². The first kappa shape index (κ1) is 17.7. The lowest BCUT2D eigenvalue weighted by molar-refractivity contribution is 0.0524. The fourth-order valence-electron chi connectivity index (χ4n) is 3.09. The second-order valence-electron chi connectivity index (χ2n) is 6.75. The summed E-state index contributed by atoms with van der Waals surface area (Å²) in [6.45, 7) is 10.2. The van der Waals surface area contributed by atoms with Crippen molar-refractivity contribution in [2.75, 3.05) is 32.8 Å². The molecule has 124 valence electrons. The van der Waals surface area contributed by atoms with Crippen molar-refractivity contribution < 1.29 is 5.11 Å². The Hall–Kier alpha value is -0.610. The molecule has 0 spiro atoms. The highest BCUT2D eigenvalue weighted by atomic mass is 35.5. The van der Waals surface area contributed by atoms with Crippen LogP contribution in [0.4, 0.5) is 0 Å². The molecule has 1 atom stereocenters. The van der Waals surface area contributed by atoms with Gasteiger partial charge in [-0.05, 0) is 43.0 Å². The summed E-state index contributed by atoms with van der Waals surface area (Å²) < 4.78 is 0. The van der Waals surface area contributed by atoms with Crippen molar-refractivity contribution in [2.45, 2.75) is 39.3 Å². The number of hydrogen-bond acceptors (Lipinski definition) is 3. The van der Waals surface area contributed by atoms with Gasteiger partial charge in [0, 0.05) is 43.9 Å². The van der Waals surface area contributed by atoms with E-state index in [9.17, 15) is 5.11 Å². The molecule has 0 amide bonds. The van der Waals surface area contributed by atoms with E-state index in [-0.39, 0.29) is 6.61 Å². The summed E-state index contributed by atoms with van der Waals surface area (Å²) in [5.41, 5.74) is 1.31. The third-order valence-corrected chi connectivity index (χ3v) is 4.72. The SMILES string of the molecule is CC(C)CCN1CCN(Cc2ccc(Cl)cc2)CC1CCO. The Morgan fingerprint density at radius 2 is 1.95 bits per heavy atom. The fraction of sp³-hybridized carbons (Fsp3) is 0.667. The van der Waals surface area contributed by atoms with E-state index in [1.165, 1.54) is 12.0 Å². The van der Waals surface area contributed by atoms with E-state index >= 15 is 0 Å². The van der Waals surface area contributed by atoms with Crippen molar-refractivity contribution in [2.24, 2.45) is 5.92 Å². The van der Waals surface area contributed by atoms with Crippen molar-refractivity contribution in [1.29, 1.82) is 0 Å². The number of benzene rings is 1. The Morgan fingerprint density at radius 3 is 2.59 bits per heavy atom. The number of aliphatic hydroxyl groups is 1. The Bertz CT molecular complexity index is 435. The predicted octanol–water partition coefficient (Wildman–Crippen LogP) is 3.25. The van der Waals surface area contributed by atoms with E-state index in [1.54, 1.807) is 0 Å². The first-order valence-electron chi connectivity index (χ1n) is 8.40. The van der Waals surface area contributed by atoms with E-state index in [2.05, 4.69) is 35.8 Å². The van der Waals surface area contributed by atoms with E-state index in [4.69, 9.17) is 11.6 Å². The second-order valence-corrected chi connectivity index (χ2v) is 7.18. The van der Waals surface area contributed by atoms with Gasteiger partial charge in [0.05, 0.1) is 0 Å². The molecule has 0 bridgehead atoms. The zero-order valence-corrected chi connectivity index (χ0v) is 14.6. The minimum atomic E-state index is 0.275. The van der Waals surface area contributed by atoms with Crippen LogP contribution in [0.2, 0.25) is 5.02 Å². The van der Waals surface area contributed by atoms with Crippen LogP contribution in [-0.4, -0.2) is 53.7 Å². The maximum Gasteiger partial charge on any atom is 0.0446 e. The van der Waals surface area contributed by atoms with Gasteiger partial charge in [0.15, 0.2) is 0 Å². The van der Waals surface area contributed by atoms with Gasteiger partial charge < -0.3 is 5.11 Å².